The Morgan fingerprint density at radius 2 is 1.78 bits per heavy atom. The number of benzene rings is 2. The Kier molecular flexibility index (Phi) is 5.35. The highest BCUT2D eigenvalue weighted by molar-refractivity contribution is 6.02. The van der Waals surface area contributed by atoms with Crippen LogP contribution in [0.5, 0.6) is 17.2 Å². The lowest BCUT2D eigenvalue weighted by Gasteiger charge is -2.20. The molecule has 0 saturated carbocycles. The van der Waals surface area contributed by atoms with Crippen molar-refractivity contribution in [3.8, 4) is 28.4 Å². The summed E-state index contributed by atoms with van der Waals surface area (Å²) in [5.41, 5.74) is 3.34. The quantitative estimate of drug-likeness (QED) is 0.802. The van der Waals surface area contributed by atoms with Crippen LogP contribution in [0.4, 0.5) is 0 Å². The zero-order valence-electron chi connectivity index (χ0n) is 15.6. The van der Waals surface area contributed by atoms with Crippen LogP contribution in [0.3, 0.4) is 0 Å². The van der Waals surface area contributed by atoms with Gasteiger partial charge in [-0.1, -0.05) is 18.2 Å². The van der Waals surface area contributed by atoms with E-state index in [1.165, 1.54) is 14.2 Å². The fourth-order valence-corrected chi connectivity index (χ4v) is 3.28. The lowest BCUT2D eigenvalue weighted by atomic mass is 9.95. The molecule has 1 aliphatic carbocycles. The molecule has 0 amide bonds. The Balaban J connectivity index is 2.13. The summed E-state index contributed by atoms with van der Waals surface area (Å²) in [6.07, 6.45) is 1.16. The van der Waals surface area contributed by atoms with Crippen LogP contribution in [0, 0.1) is 5.92 Å². The highest BCUT2D eigenvalue weighted by atomic mass is 16.5. The van der Waals surface area contributed by atoms with E-state index < -0.39 is 11.9 Å². The Hall–Kier alpha value is -3.02. The molecule has 1 N–H and O–H groups in total. The van der Waals surface area contributed by atoms with E-state index in [9.17, 15) is 9.59 Å². The van der Waals surface area contributed by atoms with Gasteiger partial charge in [0.2, 0.25) is 5.75 Å². The predicted octanol–water partition coefficient (Wildman–Crippen LogP) is 3.60. The van der Waals surface area contributed by atoms with Gasteiger partial charge in [0.1, 0.15) is 6.61 Å². The lowest BCUT2D eigenvalue weighted by molar-refractivity contribution is -0.142. The van der Waals surface area contributed by atoms with Crippen LogP contribution in [-0.2, 0) is 11.2 Å². The van der Waals surface area contributed by atoms with Crippen molar-refractivity contribution in [1.82, 2.24) is 0 Å². The molecule has 6 nitrogen and oxygen atoms in total. The maximum atomic E-state index is 12.1. The highest BCUT2D eigenvalue weighted by Gasteiger charge is 2.26. The van der Waals surface area contributed by atoms with Gasteiger partial charge in [0.15, 0.2) is 17.3 Å². The van der Waals surface area contributed by atoms with E-state index in [4.69, 9.17) is 19.3 Å². The van der Waals surface area contributed by atoms with Crippen molar-refractivity contribution in [1.29, 1.82) is 0 Å². The molecule has 1 aliphatic rings. The molecular formula is C21H22O6. The second kappa shape index (κ2) is 7.70. The standard InChI is InChI=1S/C21H22O6/c1-12(21(23)24)11-27-19-16(8-10-18(25-2)20(19)26-3)13-5-4-6-15-14(13)7-9-17(15)22/h4-6,8,10,12H,7,9,11H2,1-3H3,(H,23,24)/t12-/m1/s1. The van der Waals surface area contributed by atoms with Crippen LogP contribution < -0.4 is 14.2 Å². The molecule has 0 spiro atoms. The minimum absolute atomic E-state index is 0.0141. The van der Waals surface area contributed by atoms with Gasteiger partial charge < -0.3 is 19.3 Å². The summed E-state index contributed by atoms with van der Waals surface area (Å²) >= 11 is 0. The number of rotatable bonds is 7. The fourth-order valence-electron chi connectivity index (χ4n) is 3.28. The van der Waals surface area contributed by atoms with Gasteiger partial charge in [-0.05, 0) is 36.6 Å². The molecule has 0 bridgehead atoms. The van der Waals surface area contributed by atoms with Crippen molar-refractivity contribution in [2.24, 2.45) is 5.92 Å². The number of ketones is 1. The Bertz CT molecular complexity index is 886. The van der Waals surface area contributed by atoms with E-state index in [1.807, 2.05) is 24.3 Å². The van der Waals surface area contributed by atoms with E-state index in [1.54, 1.807) is 13.0 Å². The molecule has 0 unspecified atom stereocenters. The van der Waals surface area contributed by atoms with E-state index in [2.05, 4.69) is 0 Å². The molecule has 2 aromatic carbocycles. The summed E-state index contributed by atoms with van der Waals surface area (Å²) in [5, 5.41) is 9.16. The number of carbonyl (C=O) groups excluding carboxylic acids is 1. The Labute approximate surface area is 157 Å². The van der Waals surface area contributed by atoms with Gasteiger partial charge >= 0.3 is 5.97 Å². The van der Waals surface area contributed by atoms with E-state index in [0.717, 1.165) is 22.3 Å². The third-order valence-corrected chi connectivity index (χ3v) is 4.77. The maximum Gasteiger partial charge on any atom is 0.309 e. The molecular weight excluding hydrogens is 348 g/mol. The first-order valence-electron chi connectivity index (χ1n) is 8.74. The SMILES string of the molecule is COc1ccc(-c2cccc3c2CCC3=O)c(OC[C@@H](C)C(=O)O)c1OC. The molecule has 27 heavy (non-hydrogen) atoms. The highest BCUT2D eigenvalue weighted by Crippen LogP contribution is 2.46. The average molecular weight is 370 g/mol. The second-order valence-corrected chi connectivity index (χ2v) is 6.48. The molecule has 0 heterocycles. The largest absolute Gasteiger partial charge is 0.493 e. The molecule has 1 atom stereocenters. The molecule has 2 aromatic rings. The van der Waals surface area contributed by atoms with Crippen LogP contribution in [0.15, 0.2) is 30.3 Å². The van der Waals surface area contributed by atoms with Gasteiger partial charge in [0.25, 0.3) is 0 Å². The van der Waals surface area contributed by atoms with Crippen molar-refractivity contribution in [3.63, 3.8) is 0 Å². The normalized spacial score (nSPS) is 13.8. The van der Waals surface area contributed by atoms with Crippen LogP contribution >= 0.6 is 0 Å². The first-order chi connectivity index (χ1) is 13.0. The third kappa shape index (κ3) is 3.47. The number of methoxy groups -OCH3 is 2. The van der Waals surface area contributed by atoms with E-state index >= 15 is 0 Å². The third-order valence-electron chi connectivity index (χ3n) is 4.77. The molecule has 6 heteroatoms. The zero-order valence-corrected chi connectivity index (χ0v) is 15.6. The van der Waals surface area contributed by atoms with Crippen molar-refractivity contribution < 1.29 is 28.9 Å². The van der Waals surface area contributed by atoms with Crippen LogP contribution in [0.2, 0.25) is 0 Å². The molecule has 0 aromatic heterocycles. The molecule has 142 valence electrons. The Morgan fingerprint density at radius 1 is 1.04 bits per heavy atom. The Morgan fingerprint density at radius 3 is 2.44 bits per heavy atom. The van der Waals surface area contributed by atoms with E-state index in [0.29, 0.717) is 30.1 Å². The van der Waals surface area contributed by atoms with Gasteiger partial charge in [-0.15, -0.1) is 0 Å². The molecule has 0 fully saturated rings. The second-order valence-electron chi connectivity index (χ2n) is 6.48. The van der Waals surface area contributed by atoms with Crippen LogP contribution in [0.25, 0.3) is 11.1 Å². The van der Waals surface area contributed by atoms with Crippen molar-refractivity contribution >= 4 is 11.8 Å². The number of Topliss-reactive ketones (excluding diaryl/α,β-unsaturated/α-hetero) is 1. The molecule has 3 rings (SSSR count). The first kappa shape index (κ1) is 18.8. The summed E-state index contributed by atoms with van der Waals surface area (Å²) in [7, 11) is 3.04. The number of aliphatic carboxylic acids is 1. The summed E-state index contributed by atoms with van der Waals surface area (Å²) < 4.78 is 16.7. The zero-order chi connectivity index (χ0) is 19.6. The molecule has 0 aliphatic heterocycles. The van der Waals surface area contributed by atoms with Crippen molar-refractivity contribution in [2.45, 2.75) is 19.8 Å². The van der Waals surface area contributed by atoms with Crippen LogP contribution in [0.1, 0.15) is 29.3 Å². The summed E-state index contributed by atoms with van der Waals surface area (Å²) in [5.74, 6) is -0.189. The average Bonchev–Trinajstić information content (AvgIpc) is 3.06. The smallest absolute Gasteiger partial charge is 0.309 e. The number of fused-ring (bicyclic) bond motifs is 1. The van der Waals surface area contributed by atoms with Gasteiger partial charge in [0, 0.05) is 17.5 Å². The number of hydrogen-bond acceptors (Lipinski definition) is 5. The van der Waals surface area contributed by atoms with E-state index in [-0.39, 0.29) is 12.4 Å². The van der Waals surface area contributed by atoms with Gasteiger partial charge in [-0.25, -0.2) is 0 Å². The predicted molar refractivity (Wildman–Crippen MR) is 99.9 cm³/mol. The number of hydrogen-bond donors (Lipinski definition) is 1. The number of carbonyl (C=O) groups is 2. The van der Waals surface area contributed by atoms with Gasteiger partial charge in [-0.3, -0.25) is 9.59 Å². The fraction of sp³-hybridized carbons (Fsp3) is 0.333. The lowest BCUT2D eigenvalue weighted by Crippen LogP contribution is -2.18. The van der Waals surface area contributed by atoms with Gasteiger partial charge in [0.05, 0.1) is 20.1 Å². The van der Waals surface area contributed by atoms with Crippen molar-refractivity contribution in [3.05, 3.63) is 41.5 Å². The summed E-state index contributed by atoms with van der Waals surface area (Å²) in [4.78, 5) is 23.3. The number of ether oxygens (including phenoxy) is 3. The minimum Gasteiger partial charge on any atom is -0.493 e. The first-order valence-corrected chi connectivity index (χ1v) is 8.74. The summed E-state index contributed by atoms with van der Waals surface area (Å²) in [6.45, 7) is 1.56. The van der Waals surface area contributed by atoms with Crippen molar-refractivity contribution in [2.75, 3.05) is 20.8 Å². The minimum atomic E-state index is -0.940. The summed E-state index contributed by atoms with van der Waals surface area (Å²) in [6, 6.07) is 9.24. The number of carboxylic acid groups (broad SMARTS) is 1. The van der Waals surface area contributed by atoms with Crippen LogP contribution in [-0.4, -0.2) is 37.7 Å². The van der Waals surface area contributed by atoms with Gasteiger partial charge in [-0.2, -0.15) is 0 Å². The molecule has 0 radical (unpaired) electrons. The monoisotopic (exact) mass is 370 g/mol. The number of carboxylic acids is 1. The topological polar surface area (TPSA) is 82.1 Å². The maximum absolute atomic E-state index is 12.1. The molecule has 0 saturated heterocycles.